The number of benzene rings is 1. The number of nitrogens with two attached hydrogens (primary N) is 1. The van der Waals surface area contributed by atoms with Gasteiger partial charge in [0.2, 0.25) is 0 Å². The van der Waals surface area contributed by atoms with E-state index in [0.29, 0.717) is 5.92 Å². The molecule has 0 bridgehead atoms. The van der Waals surface area contributed by atoms with Crippen LogP contribution < -0.4 is 5.73 Å². The van der Waals surface area contributed by atoms with E-state index in [9.17, 15) is 0 Å². The highest BCUT2D eigenvalue weighted by atomic mass is 15.1. The molecule has 1 aromatic carbocycles. The van der Waals surface area contributed by atoms with Crippen LogP contribution in [0.5, 0.6) is 0 Å². The van der Waals surface area contributed by atoms with Crippen LogP contribution in [-0.4, -0.2) is 35.0 Å². The molecule has 98 valence electrons. The van der Waals surface area contributed by atoms with E-state index in [1.807, 2.05) is 18.2 Å². The van der Waals surface area contributed by atoms with Gasteiger partial charge in [-0.25, -0.2) is 4.98 Å². The second-order valence-electron chi connectivity index (χ2n) is 5.37. The van der Waals surface area contributed by atoms with Gasteiger partial charge in [-0.15, -0.1) is 0 Å². The number of aromatic nitrogens is 2. The molecule has 1 heterocycles. The number of nitrogens with zero attached hydrogens (tertiary/aromatic N) is 2. The lowest BCUT2D eigenvalue weighted by atomic mass is 10.2. The number of anilines is 1. The molecule has 0 amide bonds. The predicted octanol–water partition coefficient (Wildman–Crippen LogP) is 2.28. The van der Waals surface area contributed by atoms with Crippen molar-refractivity contribution in [3.8, 4) is 0 Å². The quantitative estimate of drug-likeness (QED) is 0.796. The fourth-order valence-corrected chi connectivity index (χ4v) is 2.21. The van der Waals surface area contributed by atoms with E-state index in [4.69, 9.17) is 5.73 Å². The van der Waals surface area contributed by atoms with Gasteiger partial charge in [0.05, 0.1) is 11.0 Å². The largest absolute Gasteiger partial charge is 0.399 e. The number of rotatable bonds is 5. The summed E-state index contributed by atoms with van der Waals surface area (Å²) in [5.74, 6) is 1.73. The third-order valence-corrected chi connectivity index (χ3v) is 2.96. The third-order valence-electron chi connectivity index (χ3n) is 2.96. The Morgan fingerprint density at radius 1 is 1.39 bits per heavy atom. The molecular formula is C14H22N4. The number of H-pyrrole nitrogens is 1. The van der Waals surface area contributed by atoms with Gasteiger partial charge >= 0.3 is 0 Å². The molecule has 0 aliphatic heterocycles. The van der Waals surface area contributed by atoms with Crippen LogP contribution in [0.1, 0.15) is 19.7 Å². The minimum absolute atomic E-state index is 0.700. The number of hydrogen-bond acceptors (Lipinski definition) is 3. The van der Waals surface area contributed by atoms with Crippen LogP contribution in [0.25, 0.3) is 11.0 Å². The van der Waals surface area contributed by atoms with Crippen LogP contribution in [-0.2, 0) is 6.42 Å². The average molecular weight is 246 g/mol. The molecule has 0 fully saturated rings. The average Bonchev–Trinajstić information content (AvgIpc) is 2.67. The molecule has 2 rings (SSSR count). The summed E-state index contributed by atoms with van der Waals surface area (Å²) in [7, 11) is 2.15. The number of nitrogen functional groups attached to an aromatic ring is 1. The molecule has 0 spiro atoms. The molecule has 0 saturated carbocycles. The third kappa shape index (κ3) is 3.23. The van der Waals surface area contributed by atoms with Crippen molar-refractivity contribution in [3.05, 3.63) is 24.0 Å². The fourth-order valence-electron chi connectivity index (χ4n) is 2.21. The van der Waals surface area contributed by atoms with Crippen molar-refractivity contribution in [1.29, 1.82) is 0 Å². The van der Waals surface area contributed by atoms with Crippen LogP contribution in [0.15, 0.2) is 18.2 Å². The zero-order valence-electron chi connectivity index (χ0n) is 11.4. The van der Waals surface area contributed by atoms with Gasteiger partial charge in [-0.1, -0.05) is 13.8 Å². The number of aromatic amines is 1. The minimum Gasteiger partial charge on any atom is -0.399 e. The molecule has 2 aromatic rings. The lowest BCUT2D eigenvalue weighted by Crippen LogP contribution is -2.25. The number of fused-ring (bicyclic) bond motifs is 1. The summed E-state index contributed by atoms with van der Waals surface area (Å²) < 4.78 is 0. The van der Waals surface area contributed by atoms with E-state index >= 15 is 0 Å². The molecule has 4 nitrogen and oxygen atoms in total. The second-order valence-corrected chi connectivity index (χ2v) is 5.37. The zero-order chi connectivity index (χ0) is 13.1. The van der Waals surface area contributed by atoms with E-state index < -0.39 is 0 Å². The highest BCUT2D eigenvalue weighted by Gasteiger charge is 2.06. The lowest BCUT2D eigenvalue weighted by Gasteiger charge is -2.17. The zero-order valence-corrected chi connectivity index (χ0v) is 11.4. The molecule has 0 saturated heterocycles. The first kappa shape index (κ1) is 12.9. The second kappa shape index (κ2) is 5.40. The van der Waals surface area contributed by atoms with Gasteiger partial charge < -0.3 is 15.6 Å². The molecule has 3 N–H and O–H groups in total. The molecule has 0 aliphatic rings. The van der Waals surface area contributed by atoms with Crippen molar-refractivity contribution >= 4 is 16.7 Å². The lowest BCUT2D eigenvalue weighted by molar-refractivity contribution is 0.297. The Kier molecular flexibility index (Phi) is 3.87. The van der Waals surface area contributed by atoms with Crippen LogP contribution >= 0.6 is 0 Å². The van der Waals surface area contributed by atoms with Gasteiger partial charge in [0, 0.05) is 25.2 Å². The van der Waals surface area contributed by atoms with Gasteiger partial charge in [0.25, 0.3) is 0 Å². The summed E-state index contributed by atoms with van der Waals surface area (Å²) in [6.45, 7) is 6.61. The molecule has 0 radical (unpaired) electrons. The Balaban J connectivity index is 1.99. The van der Waals surface area contributed by atoms with Gasteiger partial charge in [-0.3, -0.25) is 0 Å². The summed E-state index contributed by atoms with van der Waals surface area (Å²) in [5, 5.41) is 0. The standard InChI is InChI=1S/C14H22N4/c1-10(2)9-18(3)7-6-14-16-12-5-4-11(15)8-13(12)17-14/h4-5,8,10H,6-7,9,15H2,1-3H3,(H,16,17). The molecule has 0 aliphatic carbocycles. The minimum atomic E-state index is 0.700. The summed E-state index contributed by atoms with van der Waals surface area (Å²) in [4.78, 5) is 10.2. The Morgan fingerprint density at radius 3 is 2.89 bits per heavy atom. The van der Waals surface area contributed by atoms with E-state index in [-0.39, 0.29) is 0 Å². The summed E-state index contributed by atoms with van der Waals surface area (Å²) >= 11 is 0. The molecule has 0 atom stereocenters. The Morgan fingerprint density at radius 2 is 2.17 bits per heavy atom. The molecule has 1 aromatic heterocycles. The monoisotopic (exact) mass is 246 g/mol. The summed E-state index contributed by atoms with van der Waals surface area (Å²) in [6.07, 6.45) is 0.942. The van der Waals surface area contributed by atoms with Crippen molar-refractivity contribution in [2.75, 3.05) is 25.9 Å². The molecular weight excluding hydrogens is 224 g/mol. The van der Waals surface area contributed by atoms with Crippen molar-refractivity contribution in [3.63, 3.8) is 0 Å². The predicted molar refractivity (Wildman–Crippen MR) is 76.5 cm³/mol. The van der Waals surface area contributed by atoms with E-state index in [0.717, 1.165) is 42.1 Å². The molecule has 4 heteroatoms. The number of nitrogens with one attached hydrogen (secondary N) is 1. The van der Waals surface area contributed by atoms with Crippen molar-refractivity contribution in [1.82, 2.24) is 14.9 Å². The van der Waals surface area contributed by atoms with Gasteiger partial charge in [0.15, 0.2) is 0 Å². The SMILES string of the molecule is CC(C)CN(C)CCc1nc2ccc(N)cc2[nH]1. The van der Waals surface area contributed by atoms with E-state index in [1.54, 1.807) is 0 Å². The fraction of sp³-hybridized carbons (Fsp3) is 0.500. The van der Waals surface area contributed by atoms with Crippen molar-refractivity contribution in [2.24, 2.45) is 5.92 Å². The van der Waals surface area contributed by atoms with Crippen LogP contribution in [0.3, 0.4) is 0 Å². The molecule has 0 unspecified atom stereocenters. The van der Waals surface area contributed by atoms with Crippen LogP contribution in [0, 0.1) is 5.92 Å². The topological polar surface area (TPSA) is 57.9 Å². The van der Waals surface area contributed by atoms with Crippen LogP contribution in [0.2, 0.25) is 0 Å². The van der Waals surface area contributed by atoms with Gasteiger partial charge in [-0.2, -0.15) is 0 Å². The highest BCUT2D eigenvalue weighted by molar-refractivity contribution is 5.78. The number of likely N-dealkylation sites (N-methyl/N-ethyl adjacent to an activating group) is 1. The first-order valence-corrected chi connectivity index (χ1v) is 6.47. The molecule has 18 heavy (non-hydrogen) atoms. The van der Waals surface area contributed by atoms with Crippen LogP contribution in [0.4, 0.5) is 5.69 Å². The van der Waals surface area contributed by atoms with E-state index in [1.165, 1.54) is 0 Å². The Bertz CT molecular complexity index is 515. The van der Waals surface area contributed by atoms with Crippen molar-refractivity contribution < 1.29 is 0 Å². The smallest absolute Gasteiger partial charge is 0.108 e. The van der Waals surface area contributed by atoms with E-state index in [2.05, 4.69) is 35.8 Å². The maximum absolute atomic E-state index is 5.75. The first-order chi connectivity index (χ1) is 8.54. The van der Waals surface area contributed by atoms with Gasteiger partial charge in [0.1, 0.15) is 5.82 Å². The Labute approximate surface area is 108 Å². The summed E-state index contributed by atoms with van der Waals surface area (Å²) in [5.41, 5.74) is 8.54. The highest BCUT2D eigenvalue weighted by Crippen LogP contribution is 2.15. The van der Waals surface area contributed by atoms with Gasteiger partial charge in [-0.05, 0) is 31.2 Å². The maximum Gasteiger partial charge on any atom is 0.108 e. The normalized spacial score (nSPS) is 11.8. The number of imidazole rings is 1. The Hall–Kier alpha value is -1.55. The van der Waals surface area contributed by atoms with Crippen molar-refractivity contribution in [2.45, 2.75) is 20.3 Å². The first-order valence-electron chi connectivity index (χ1n) is 6.47. The maximum atomic E-state index is 5.75. The summed E-state index contributed by atoms with van der Waals surface area (Å²) in [6, 6.07) is 5.78. The number of hydrogen-bond donors (Lipinski definition) is 2.